The number of rotatable bonds is 33. The third kappa shape index (κ3) is 26.3. The van der Waals surface area contributed by atoms with Crippen molar-refractivity contribution in [2.75, 3.05) is 14.1 Å². The Morgan fingerprint density at radius 2 is 1.17 bits per heavy atom. The number of halogens is 1. The zero-order valence-corrected chi connectivity index (χ0v) is 30.3. The summed E-state index contributed by atoms with van der Waals surface area (Å²) in [6.07, 6.45) is 21.7. The van der Waals surface area contributed by atoms with Gasteiger partial charge in [-0.2, -0.15) is 4.89 Å². The standard InChI is InChI=1S/C37H71FN2O6/c1-6-9-10-11-12-14-19-24-31(25-20-17-18-22-27-34(38)37(43)44)39-35(41)30-29-32(40(4)5)26-21-15-13-16-23-28-36(42)46-45-33(7-2)8-3/h31-34H,6-30H2,1-5H3,(H,39,41)(H,43,44). The molecule has 0 saturated carbocycles. The predicted molar refractivity (Wildman–Crippen MR) is 185 cm³/mol. The summed E-state index contributed by atoms with van der Waals surface area (Å²) < 4.78 is 13.3. The molecule has 9 heteroatoms. The first kappa shape index (κ1) is 44.3. The lowest BCUT2D eigenvalue weighted by molar-refractivity contribution is -0.298. The van der Waals surface area contributed by atoms with Crippen molar-refractivity contribution >= 4 is 17.8 Å². The van der Waals surface area contributed by atoms with Crippen molar-refractivity contribution in [1.82, 2.24) is 10.2 Å². The smallest absolute Gasteiger partial charge is 0.342 e. The van der Waals surface area contributed by atoms with Gasteiger partial charge in [0.15, 0.2) is 6.17 Å². The molecule has 0 spiro atoms. The number of nitrogens with one attached hydrogen (secondary N) is 1. The molecule has 0 saturated heterocycles. The number of carboxylic acids is 1. The third-order valence-electron chi connectivity index (χ3n) is 9.09. The molecule has 3 unspecified atom stereocenters. The minimum absolute atomic E-state index is 0.0241. The first-order chi connectivity index (χ1) is 22.1. The van der Waals surface area contributed by atoms with Crippen LogP contribution in [0.1, 0.15) is 181 Å². The van der Waals surface area contributed by atoms with Gasteiger partial charge in [0.2, 0.25) is 5.91 Å². The lowest BCUT2D eigenvalue weighted by Crippen LogP contribution is -2.36. The summed E-state index contributed by atoms with van der Waals surface area (Å²) in [5.41, 5.74) is 0. The van der Waals surface area contributed by atoms with Crippen LogP contribution >= 0.6 is 0 Å². The van der Waals surface area contributed by atoms with E-state index < -0.39 is 12.1 Å². The number of carboxylic acid groups (broad SMARTS) is 1. The second-order valence-electron chi connectivity index (χ2n) is 13.4. The molecule has 0 rings (SSSR count). The van der Waals surface area contributed by atoms with Gasteiger partial charge < -0.3 is 15.3 Å². The van der Waals surface area contributed by atoms with E-state index in [1.165, 1.54) is 38.5 Å². The van der Waals surface area contributed by atoms with E-state index in [4.69, 9.17) is 14.9 Å². The highest BCUT2D eigenvalue weighted by molar-refractivity contribution is 5.76. The molecule has 0 aromatic rings. The molecule has 8 nitrogen and oxygen atoms in total. The highest BCUT2D eigenvalue weighted by Gasteiger charge is 2.17. The van der Waals surface area contributed by atoms with Gasteiger partial charge in [0.25, 0.3) is 0 Å². The van der Waals surface area contributed by atoms with Gasteiger partial charge in [-0.15, -0.1) is 0 Å². The Labute approximate surface area is 281 Å². The van der Waals surface area contributed by atoms with E-state index >= 15 is 0 Å². The van der Waals surface area contributed by atoms with Gasteiger partial charge >= 0.3 is 11.9 Å². The monoisotopic (exact) mass is 659 g/mol. The molecule has 0 heterocycles. The summed E-state index contributed by atoms with van der Waals surface area (Å²) in [7, 11) is 4.17. The minimum atomic E-state index is -1.77. The molecule has 2 N–H and O–H groups in total. The Hall–Kier alpha value is -1.74. The summed E-state index contributed by atoms with van der Waals surface area (Å²) in [4.78, 5) is 47.9. The molecule has 0 aromatic heterocycles. The Kier molecular flexibility index (Phi) is 29.4. The van der Waals surface area contributed by atoms with Gasteiger partial charge in [-0.1, -0.05) is 111 Å². The van der Waals surface area contributed by atoms with E-state index in [2.05, 4.69) is 31.2 Å². The van der Waals surface area contributed by atoms with E-state index in [9.17, 15) is 18.8 Å². The highest BCUT2D eigenvalue weighted by Crippen LogP contribution is 2.18. The van der Waals surface area contributed by atoms with Crippen LogP contribution in [0.25, 0.3) is 0 Å². The first-order valence-corrected chi connectivity index (χ1v) is 18.8. The molecular formula is C37H71FN2O6. The number of hydrogen-bond donors (Lipinski definition) is 2. The first-order valence-electron chi connectivity index (χ1n) is 18.8. The fraction of sp³-hybridized carbons (Fsp3) is 0.919. The third-order valence-corrected chi connectivity index (χ3v) is 9.09. The van der Waals surface area contributed by atoms with Gasteiger partial charge in [-0.3, -0.25) is 9.68 Å². The van der Waals surface area contributed by atoms with Crippen LogP contribution in [0.15, 0.2) is 0 Å². The molecule has 0 aliphatic carbocycles. The van der Waals surface area contributed by atoms with E-state index in [0.29, 0.717) is 25.3 Å². The van der Waals surface area contributed by atoms with Crippen molar-refractivity contribution in [1.29, 1.82) is 0 Å². The van der Waals surface area contributed by atoms with E-state index in [1.54, 1.807) is 0 Å². The molecule has 1 amide bonds. The topological polar surface area (TPSA) is 105 Å². The molecule has 0 fully saturated rings. The molecule has 0 aromatic carbocycles. The Bertz CT molecular complexity index is 749. The number of amides is 1. The molecule has 272 valence electrons. The van der Waals surface area contributed by atoms with Crippen molar-refractivity contribution in [2.45, 2.75) is 206 Å². The van der Waals surface area contributed by atoms with Crippen molar-refractivity contribution < 1.29 is 33.7 Å². The van der Waals surface area contributed by atoms with Crippen molar-refractivity contribution in [3.05, 3.63) is 0 Å². The number of unbranched alkanes of at least 4 members (excludes halogenated alkanes) is 13. The molecule has 3 atom stereocenters. The van der Waals surface area contributed by atoms with Crippen molar-refractivity contribution in [2.24, 2.45) is 0 Å². The largest absolute Gasteiger partial charge is 0.479 e. The zero-order valence-electron chi connectivity index (χ0n) is 30.3. The lowest BCUT2D eigenvalue weighted by Gasteiger charge is -2.25. The Morgan fingerprint density at radius 3 is 1.70 bits per heavy atom. The van der Waals surface area contributed by atoms with Crippen LogP contribution in [-0.2, 0) is 24.2 Å². The number of nitrogens with zero attached hydrogens (tertiary/aromatic N) is 1. The number of aliphatic carboxylic acids is 1. The summed E-state index contributed by atoms with van der Waals surface area (Å²) in [6, 6.07) is 0.520. The van der Waals surface area contributed by atoms with Gasteiger partial charge in [0.05, 0.1) is 0 Å². The van der Waals surface area contributed by atoms with Crippen LogP contribution in [0.2, 0.25) is 0 Å². The quantitative estimate of drug-likeness (QED) is 0.0411. The fourth-order valence-electron chi connectivity index (χ4n) is 5.85. The molecule has 0 bridgehead atoms. The maximum Gasteiger partial charge on any atom is 0.342 e. The molecule has 0 aliphatic rings. The number of alkyl halides is 1. The molecular weight excluding hydrogens is 587 g/mol. The van der Waals surface area contributed by atoms with Crippen LogP contribution in [0, 0.1) is 0 Å². The Balaban J connectivity index is 4.42. The summed E-state index contributed by atoms with van der Waals surface area (Å²) in [6.45, 7) is 6.25. The second kappa shape index (κ2) is 30.6. The van der Waals surface area contributed by atoms with Gasteiger partial charge in [-0.05, 0) is 71.9 Å². The molecule has 0 aliphatic heterocycles. The van der Waals surface area contributed by atoms with Gasteiger partial charge in [0.1, 0.15) is 6.10 Å². The summed E-state index contributed by atoms with van der Waals surface area (Å²) in [5, 5.41) is 12.0. The van der Waals surface area contributed by atoms with Gasteiger partial charge in [0, 0.05) is 24.9 Å². The van der Waals surface area contributed by atoms with Crippen molar-refractivity contribution in [3.8, 4) is 0 Å². The van der Waals surface area contributed by atoms with E-state index in [1.807, 2.05) is 13.8 Å². The van der Waals surface area contributed by atoms with Crippen LogP contribution in [0.4, 0.5) is 4.39 Å². The van der Waals surface area contributed by atoms with Crippen LogP contribution in [-0.4, -0.2) is 66.3 Å². The number of hydrogen-bond acceptors (Lipinski definition) is 6. The second-order valence-corrected chi connectivity index (χ2v) is 13.4. The van der Waals surface area contributed by atoms with Crippen molar-refractivity contribution in [3.63, 3.8) is 0 Å². The normalized spacial score (nSPS) is 13.6. The number of carbonyl (C=O) groups excluding carboxylic acids is 2. The zero-order chi connectivity index (χ0) is 34.4. The summed E-state index contributed by atoms with van der Waals surface area (Å²) >= 11 is 0. The maximum absolute atomic E-state index is 13.3. The Morgan fingerprint density at radius 1 is 0.674 bits per heavy atom. The lowest BCUT2D eigenvalue weighted by atomic mass is 9.98. The highest BCUT2D eigenvalue weighted by atomic mass is 19.1. The van der Waals surface area contributed by atoms with Crippen LogP contribution in [0.5, 0.6) is 0 Å². The van der Waals surface area contributed by atoms with Crippen LogP contribution < -0.4 is 5.32 Å². The SMILES string of the molecule is CCCCCCCCCC(CCCCCCC(F)C(=O)O)NC(=O)CCC(CCCCCCCC(=O)OOC(CC)CC)N(C)C. The average Bonchev–Trinajstić information content (AvgIpc) is 3.02. The minimum Gasteiger partial charge on any atom is -0.479 e. The van der Waals surface area contributed by atoms with E-state index in [0.717, 1.165) is 96.3 Å². The number of carbonyl (C=O) groups is 3. The van der Waals surface area contributed by atoms with E-state index in [-0.39, 0.29) is 30.4 Å². The molecule has 0 radical (unpaired) electrons. The van der Waals surface area contributed by atoms with Crippen LogP contribution in [0.3, 0.4) is 0 Å². The summed E-state index contributed by atoms with van der Waals surface area (Å²) in [5.74, 6) is -1.53. The predicted octanol–water partition coefficient (Wildman–Crippen LogP) is 9.48. The maximum atomic E-state index is 13.3. The average molecular weight is 659 g/mol. The van der Waals surface area contributed by atoms with Gasteiger partial charge in [-0.25, -0.2) is 14.0 Å². The fourth-order valence-corrected chi connectivity index (χ4v) is 5.85. The molecule has 46 heavy (non-hydrogen) atoms.